The van der Waals surface area contributed by atoms with Gasteiger partial charge in [-0.05, 0) is 11.6 Å². The first-order chi connectivity index (χ1) is 17.0. The van der Waals surface area contributed by atoms with Crippen LogP contribution in [0.1, 0.15) is 11.3 Å². The number of rotatable bonds is 5. The van der Waals surface area contributed by atoms with Crippen molar-refractivity contribution in [3.05, 3.63) is 59.4 Å². The molecular formula is C21H17F5N8O2. The maximum absolute atomic E-state index is 14.2. The summed E-state index contributed by atoms with van der Waals surface area (Å²) in [6.07, 6.45) is -5.31. The second-order valence-electron chi connectivity index (χ2n) is 7.46. The highest BCUT2D eigenvalue weighted by Gasteiger charge is 2.37. The van der Waals surface area contributed by atoms with E-state index in [0.29, 0.717) is 0 Å². The molecule has 4 N–H and O–H groups in total. The largest absolute Gasteiger partial charge is 0.452 e. The van der Waals surface area contributed by atoms with Gasteiger partial charge in [-0.25, -0.2) is 18.6 Å². The molecule has 0 saturated heterocycles. The molecule has 36 heavy (non-hydrogen) atoms. The zero-order valence-electron chi connectivity index (χ0n) is 18.4. The van der Waals surface area contributed by atoms with Crippen LogP contribution in [0, 0.1) is 11.6 Å². The van der Waals surface area contributed by atoms with Crippen LogP contribution in [-0.4, -0.2) is 50.7 Å². The van der Waals surface area contributed by atoms with Crippen LogP contribution in [0.3, 0.4) is 0 Å². The van der Waals surface area contributed by atoms with Crippen molar-refractivity contribution in [1.82, 2.24) is 24.7 Å². The van der Waals surface area contributed by atoms with Crippen molar-refractivity contribution in [2.24, 2.45) is 0 Å². The molecule has 0 aliphatic heterocycles. The second kappa shape index (κ2) is 9.24. The smallest absolute Gasteiger partial charge is 0.414 e. The molecule has 1 amide bonds. The van der Waals surface area contributed by atoms with Crippen LogP contribution in [0.15, 0.2) is 36.5 Å². The molecule has 4 aromatic rings. The molecular weight excluding hydrogens is 491 g/mol. The molecule has 0 fully saturated rings. The van der Waals surface area contributed by atoms with Gasteiger partial charge < -0.3 is 16.2 Å². The predicted molar refractivity (Wildman–Crippen MR) is 118 cm³/mol. The number of aromatic nitrogens is 5. The molecule has 0 atom stereocenters. The van der Waals surface area contributed by atoms with Gasteiger partial charge in [0, 0.05) is 12.5 Å². The Morgan fingerprint density at radius 2 is 1.81 bits per heavy atom. The Balaban J connectivity index is 1.84. The fraction of sp³-hybridized carbons (Fsp3) is 0.190. The van der Waals surface area contributed by atoms with Gasteiger partial charge in [0.25, 0.3) is 5.95 Å². The van der Waals surface area contributed by atoms with Crippen molar-refractivity contribution in [3.8, 4) is 5.95 Å². The Bertz CT molecular complexity index is 1430. The third-order valence-electron chi connectivity index (χ3n) is 4.99. The number of carbonyl (C=O) groups excluding carboxylic acids is 1. The lowest BCUT2D eigenvalue weighted by Gasteiger charge is -2.24. The van der Waals surface area contributed by atoms with Gasteiger partial charge in [-0.1, -0.05) is 18.2 Å². The first-order valence-electron chi connectivity index (χ1n) is 10.1. The molecule has 3 heterocycles. The van der Waals surface area contributed by atoms with Crippen molar-refractivity contribution in [1.29, 1.82) is 0 Å². The molecule has 0 saturated carbocycles. The fourth-order valence-electron chi connectivity index (χ4n) is 3.50. The van der Waals surface area contributed by atoms with Gasteiger partial charge in [-0.15, -0.1) is 0 Å². The minimum absolute atomic E-state index is 0.0282. The SMILES string of the molecule is COC(=O)N(CC(F)(F)F)c1c(N)nc(-n2nc(Cc3ccccc3F)c3ncc(F)cc32)nc1N. The summed E-state index contributed by atoms with van der Waals surface area (Å²) in [6.45, 7) is -1.77. The van der Waals surface area contributed by atoms with E-state index in [1.54, 1.807) is 6.07 Å². The van der Waals surface area contributed by atoms with Gasteiger partial charge in [-0.3, -0.25) is 4.90 Å². The number of amides is 1. The lowest BCUT2D eigenvalue weighted by atomic mass is 10.1. The van der Waals surface area contributed by atoms with Crippen LogP contribution >= 0.6 is 0 Å². The number of anilines is 3. The Morgan fingerprint density at radius 3 is 2.42 bits per heavy atom. The average molecular weight is 508 g/mol. The van der Waals surface area contributed by atoms with Gasteiger partial charge in [0.15, 0.2) is 11.6 Å². The number of ether oxygens (including phenoxy) is 1. The Morgan fingerprint density at radius 1 is 1.14 bits per heavy atom. The number of methoxy groups -OCH3 is 1. The van der Waals surface area contributed by atoms with E-state index in [1.165, 1.54) is 18.2 Å². The molecule has 10 nitrogen and oxygen atoms in total. The number of alkyl halides is 3. The van der Waals surface area contributed by atoms with Crippen molar-refractivity contribution in [2.75, 3.05) is 30.0 Å². The van der Waals surface area contributed by atoms with Gasteiger partial charge in [-0.2, -0.15) is 32.9 Å². The minimum atomic E-state index is -4.82. The quantitative estimate of drug-likeness (QED) is 0.392. The summed E-state index contributed by atoms with van der Waals surface area (Å²) >= 11 is 0. The number of carbonyl (C=O) groups is 1. The van der Waals surface area contributed by atoms with Crippen LogP contribution < -0.4 is 16.4 Å². The molecule has 0 aliphatic carbocycles. The van der Waals surface area contributed by atoms with Crippen LogP contribution in [0.25, 0.3) is 17.0 Å². The van der Waals surface area contributed by atoms with Crippen LogP contribution in [0.5, 0.6) is 0 Å². The first kappa shape index (κ1) is 24.6. The Hall–Kier alpha value is -4.56. The molecule has 0 aliphatic rings. The van der Waals surface area contributed by atoms with E-state index in [0.717, 1.165) is 24.1 Å². The van der Waals surface area contributed by atoms with E-state index in [2.05, 4.69) is 24.8 Å². The number of fused-ring (bicyclic) bond motifs is 1. The van der Waals surface area contributed by atoms with Crippen molar-refractivity contribution < 1.29 is 31.5 Å². The maximum atomic E-state index is 14.2. The Labute approximate surface area is 199 Å². The molecule has 0 spiro atoms. The van der Waals surface area contributed by atoms with Gasteiger partial charge in [0.1, 0.15) is 29.4 Å². The van der Waals surface area contributed by atoms with E-state index in [4.69, 9.17) is 11.5 Å². The molecule has 0 unspecified atom stereocenters. The third-order valence-corrected chi connectivity index (χ3v) is 4.99. The molecule has 0 radical (unpaired) electrons. The summed E-state index contributed by atoms with van der Waals surface area (Å²) in [5.74, 6) is -2.78. The monoisotopic (exact) mass is 508 g/mol. The fourth-order valence-corrected chi connectivity index (χ4v) is 3.50. The molecule has 188 valence electrons. The molecule has 1 aromatic carbocycles. The Kier molecular flexibility index (Phi) is 6.30. The summed E-state index contributed by atoms with van der Waals surface area (Å²) < 4.78 is 72.8. The number of pyridine rings is 1. The number of nitrogen functional groups attached to an aromatic ring is 2. The number of nitrogens with two attached hydrogens (primary N) is 2. The van der Waals surface area contributed by atoms with Gasteiger partial charge in [0.2, 0.25) is 0 Å². The second-order valence-corrected chi connectivity index (χ2v) is 7.46. The van der Waals surface area contributed by atoms with Crippen LogP contribution in [0.2, 0.25) is 0 Å². The summed E-state index contributed by atoms with van der Waals surface area (Å²) in [7, 11) is 0.877. The highest BCUT2D eigenvalue weighted by molar-refractivity contribution is 5.95. The maximum Gasteiger partial charge on any atom is 0.414 e. The summed E-state index contributed by atoms with van der Waals surface area (Å²) in [5.41, 5.74) is 11.9. The van der Waals surface area contributed by atoms with E-state index in [9.17, 15) is 26.7 Å². The average Bonchev–Trinajstić information content (AvgIpc) is 3.15. The van der Waals surface area contributed by atoms with Gasteiger partial charge in [0.05, 0.1) is 24.5 Å². The molecule has 4 rings (SSSR count). The predicted octanol–water partition coefficient (Wildman–Crippen LogP) is 3.38. The lowest BCUT2D eigenvalue weighted by Crippen LogP contribution is -2.40. The number of benzene rings is 1. The number of hydrogen-bond donors (Lipinski definition) is 2. The van der Waals surface area contributed by atoms with Crippen molar-refractivity contribution >= 4 is 34.4 Å². The highest BCUT2D eigenvalue weighted by Crippen LogP contribution is 2.32. The molecule has 0 bridgehead atoms. The summed E-state index contributed by atoms with van der Waals surface area (Å²) in [5, 5.41) is 4.30. The van der Waals surface area contributed by atoms with Gasteiger partial charge >= 0.3 is 12.3 Å². The van der Waals surface area contributed by atoms with Crippen molar-refractivity contribution in [2.45, 2.75) is 12.6 Å². The standard InChI is InChI=1S/C21H17F5N8O2/c1-36-20(35)33(9-21(24,25)26)16-17(27)30-19(31-18(16)28)34-14-7-11(22)8-29-15(14)13(32-34)6-10-4-2-3-5-12(10)23/h2-5,7-8H,6,9H2,1H3,(H4,27,28,30,31). The number of hydrogen-bond acceptors (Lipinski definition) is 8. The summed E-state index contributed by atoms with van der Waals surface area (Å²) in [4.78, 5) is 24.0. The zero-order valence-corrected chi connectivity index (χ0v) is 18.4. The topological polar surface area (TPSA) is 138 Å². The van der Waals surface area contributed by atoms with Crippen LogP contribution in [0.4, 0.5) is 44.1 Å². The highest BCUT2D eigenvalue weighted by atomic mass is 19.4. The minimum Gasteiger partial charge on any atom is -0.452 e. The molecule has 15 heteroatoms. The lowest BCUT2D eigenvalue weighted by molar-refractivity contribution is -0.119. The van der Waals surface area contributed by atoms with E-state index >= 15 is 0 Å². The van der Waals surface area contributed by atoms with E-state index in [-0.39, 0.29) is 39.6 Å². The first-order valence-corrected chi connectivity index (χ1v) is 10.1. The zero-order chi connectivity index (χ0) is 26.2. The number of halogens is 5. The third kappa shape index (κ3) is 4.80. The van der Waals surface area contributed by atoms with Crippen LogP contribution in [-0.2, 0) is 11.2 Å². The van der Waals surface area contributed by atoms with E-state index in [1.807, 2.05) is 0 Å². The van der Waals surface area contributed by atoms with E-state index < -0.39 is 47.8 Å². The van der Waals surface area contributed by atoms with Crippen molar-refractivity contribution in [3.63, 3.8) is 0 Å². The normalized spacial score (nSPS) is 11.6. The summed E-state index contributed by atoms with van der Waals surface area (Å²) in [6, 6.07) is 7.00. The molecule has 3 aromatic heterocycles. The number of nitrogens with zero attached hydrogens (tertiary/aromatic N) is 6.